The van der Waals surface area contributed by atoms with Crippen LogP contribution in [0.2, 0.25) is 0 Å². The first-order valence-electron chi connectivity index (χ1n) is 8.82. The number of H-pyrrole nitrogens is 1. The van der Waals surface area contributed by atoms with Gasteiger partial charge < -0.3 is 14.8 Å². The Labute approximate surface area is 167 Å². The largest absolute Gasteiger partial charge is 0.494 e. The molecule has 146 valence electrons. The summed E-state index contributed by atoms with van der Waals surface area (Å²) in [6.07, 6.45) is 3.38. The van der Waals surface area contributed by atoms with Crippen LogP contribution in [0.25, 0.3) is 11.4 Å². The first-order valence-corrected chi connectivity index (χ1v) is 9.81. The fourth-order valence-electron chi connectivity index (χ4n) is 2.29. The van der Waals surface area contributed by atoms with Crippen molar-refractivity contribution in [1.29, 1.82) is 0 Å². The zero-order valence-corrected chi connectivity index (χ0v) is 16.2. The van der Waals surface area contributed by atoms with Gasteiger partial charge in [0.25, 0.3) is 0 Å². The third-order valence-electron chi connectivity index (χ3n) is 3.58. The first-order chi connectivity index (χ1) is 13.7. The molecule has 3 aromatic rings. The molecule has 8 nitrogen and oxygen atoms in total. The summed E-state index contributed by atoms with van der Waals surface area (Å²) in [5.74, 6) is 2.32. The second-order valence-corrected chi connectivity index (χ2v) is 6.54. The number of nitrogens with one attached hydrogen (secondary N) is 2. The molecule has 0 saturated carbocycles. The fourth-order valence-corrected chi connectivity index (χ4v) is 2.92. The summed E-state index contributed by atoms with van der Waals surface area (Å²) >= 11 is 1.27. The zero-order chi connectivity index (χ0) is 19.6. The summed E-state index contributed by atoms with van der Waals surface area (Å²) in [7, 11) is 0. The van der Waals surface area contributed by atoms with Gasteiger partial charge in [-0.15, -0.1) is 5.10 Å². The quantitative estimate of drug-likeness (QED) is 0.399. The van der Waals surface area contributed by atoms with Crippen LogP contribution < -0.4 is 14.8 Å². The van der Waals surface area contributed by atoms with Gasteiger partial charge in [0.05, 0.1) is 18.9 Å². The van der Waals surface area contributed by atoms with Gasteiger partial charge in [-0.2, -0.15) is 0 Å². The molecule has 0 unspecified atom stereocenters. The zero-order valence-electron chi connectivity index (χ0n) is 15.4. The molecular weight excluding hydrogens is 378 g/mol. The van der Waals surface area contributed by atoms with Crippen LogP contribution in [-0.4, -0.2) is 51.6 Å². The van der Waals surface area contributed by atoms with Gasteiger partial charge in [-0.1, -0.05) is 11.8 Å². The molecule has 1 amide bonds. The van der Waals surface area contributed by atoms with Crippen molar-refractivity contribution in [1.82, 2.24) is 25.5 Å². The number of aromatic amines is 1. The Balaban J connectivity index is 1.34. The van der Waals surface area contributed by atoms with Gasteiger partial charge in [0.2, 0.25) is 11.1 Å². The molecule has 2 N–H and O–H groups in total. The molecule has 28 heavy (non-hydrogen) atoms. The van der Waals surface area contributed by atoms with E-state index in [0.717, 1.165) is 17.1 Å². The van der Waals surface area contributed by atoms with Gasteiger partial charge in [0.1, 0.15) is 18.1 Å². The van der Waals surface area contributed by atoms with E-state index in [9.17, 15) is 4.79 Å². The molecule has 1 aromatic carbocycles. The number of carbonyl (C=O) groups excluding carboxylic acids is 1. The van der Waals surface area contributed by atoms with Crippen LogP contribution in [0.5, 0.6) is 11.5 Å². The lowest BCUT2D eigenvalue weighted by Gasteiger charge is -2.08. The van der Waals surface area contributed by atoms with E-state index in [-0.39, 0.29) is 11.7 Å². The van der Waals surface area contributed by atoms with Gasteiger partial charge in [-0.3, -0.25) is 14.9 Å². The van der Waals surface area contributed by atoms with Crippen LogP contribution >= 0.6 is 11.8 Å². The molecule has 0 radical (unpaired) electrons. The molecule has 2 heterocycles. The number of hydrogen-bond donors (Lipinski definition) is 2. The maximum absolute atomic E-state index is 11.9. The number of thioether (sulfide) groups is 1. The van der Waals surface area contributed by atoms with Crippen molar-refractivity contribution in [2.24, 2.45) is 0 Å². The van der Waals surface area contributed by atoms with Crippen LogP contribution in [-0.2, 0) is 4.79 Å². The fraction of sp³-hybridized carbons (Fsp3) is 0.263. The highest BCUT2D eigenvalue weighted by atomic mass is 32.2. The molecule has 0 spiro atoms. The Morgan fingerprint density at radius 3 is 2.54 bits per heavy atom. The molecule has 0 bridgehead atoms. The lowest BCUT2D eigenvalue weighted by Crippen LogP contribution is -2.29. The first kappa shape index (κ1) is 19.7. The third kappa shape index (κ3) is 5.98. The predicted octanol–water partition coefficient (Wildman–Crippen LogP) is 2.55. The molecule has 0 aliphatic heterocycles. The van der Waals surface area contributed by atoms with Crippen LogP contribution in [0.4, 0.5) is 0 Å². The molecule has 0 saturated heterocycles. The van der Waals surface area contributed by atoms with Crippen molar-refractivity contribution in [3.8, 4) is 22.9 Å². The summed E-state index contributed by atoms with van der Waals surface area (Å²) in [5.41, 5.74) is 0.894. The number of benzene rings is 1. The number of ether oxygens (including phenoxy) is 2. The van der Waals surface area contributed by atoms with Crippen molar-refractivity contribution < 1.29 is 14.3 Å². The molecule has 2 aromatic heterocycles. The van der Waals surface area contributed by atoms with E-state index in [1.165, 1.54) is 11.8 Å². The Morgan fingerprint density at radius 2 is 1.82 bits per heavy atom. The maximum Gasteiger partial charge on any atom is 0.230 e. The topological polar surface area (TPSA) is 102 Å². The Morgan fingerprint density at radius 1 is 1.11 bits per heavy atom. The summed E-state index contributed by atoms with van der Waals surface area (Å²) < 4.78 is 11.0. The molecule has 0 fully saturated rings. The van der Waals surface area contributed by atoms with Gasteiger partial charge in [0.15, 0.2) is 5.82 Å². The van der Waals surface area contributed by atoms with Crippen LogP contribution in [0.1, 0.15) is 6.92 Å². The summed E-state index contributed by atoms with van der Waals surface area (Å²) in [5, 5.41) is 10.3. The number of rotatable bonds is 10. The van der Waals surface area contributed by atoms with Crippen LogP contribution in [0.15, 0.2) is 53.9 Å². The van der Waals surface area contributed by atoms with E-state index in [4.69, 9.17) is 9.47 Å². The summed E-state index contributed by atoms with van der Waals surface area (Å²) in [4.78, 5) is 20.3. The standard InChI is InChI=1S/C19H21N5O3S/c1-2-26-15-3-5-16(6-4-15)27-12-11-21-17(25)13-28-19-22-18(23-24-19)14-7-9-20-10-8-14/h3-10H,2,11-13H2,1H3,(H,21,25)(H,22,23,24). The Kier molecular flexibility index (Phi) is 7.25. The van der Waals surface area contributed by atoms with Crippen LogP contribution in [0.3, 0.4) is 0 Å². The average Bonchev–Trinajstić information content (AvgIpc) is 3.21. The lowest BCUT2D eigenvalue weighted by molar-refractivity contribution is -0.118. The normalized spacial score (nSPS) is 10.5. The van der Waals surface area contributed by atoms with Crippen molar-refractivity contribution in [2.75, 3.05) is 25.5 Å². The molecule has 0 atom stereocenters. The molecule has 0 aliphatic rings. The van der Waals surface area contributed by atoms with Crippen molar-refractivity contribution in [3.63, 3.8) is 0 Å². The smallest absolute Gasteiger partial charge is 0.230 e. The van der Waals surface area contributed by atoms with Gasteiger partial charge in [0, 0.05) is 18.0 Å². The second-order valence-electron chi connectivity index (χ2n) is 5.59. The minimum atomic E-state index is -0.101. The van der Waals surface area contributed by atoms with Crippen LogP contribution in [0, 0.1) is 0 Å². The van der Waals surface area contributed by atoms with Gasteiger partial charge in [-0.05, 0) is 43.3 Å². The molecule has 9 heteroatoms. The van der Waals surface area contributed by atoms with Gasteiger partial charge >= 0.3 is 0 Å². The van der Waals surface area contributed by atoms with Crippen molar-refractivity contribution in [2.45, 2.75) is 12.1 Å². The Hall–Kier alpha value is -3.07. The minimum absolute atomic E-state index is 0.101. The molecule has 3 rings (SSSR count). The number of hydrogen-bond acceptors (Lipinski definition) is 7. The monoisotopic (exact) mass is 399 g/mol. The van der Waals surface area contributed by atoms with Crippen molar-refractivity contribution in [3.05, 3.63) is 48.8 Å². The second kappa shape index (κ2) is 10.3. The van der Waals surface area contributed by atoms with E-state index in [1.807, 2.05) is 43.3 Å². The highest BCUT2D eigenvalue weighted by Crippen LogP contribution is 2.18. The lowest BCUT2D eigenvalue weighted by atomic mass is 10.3. The SMILES string of the molecule is CCOc1ccc(OCCNC(=O)CSc2n[nH]c(-c3ccncc3)n2)cc1. The highest BCUT2D eigenvalue weighted by Gasteiger charge is 2.08. The van der Waals surface area contributed by atoms with E-state index < -0.39 is 0 Å². The molecular formula is C19H21N5O3S. The summed E-state index contributed by atoms with van der Waals surface area (Å²) in [6, 6.07) is 11.1. The highest BCUT2D eigenvalue weighted by molar-refractivity contribution is 7.99. The Bertz CT molecular complexity index is 871. The van der Waals surface area contributed by atoms with E-state index in [1.54, 1.807) is 12.4 Å². The van der Waals surface area contributed by atoms with E-state index in [0.29, 0.717) is 30.7 Å². The third-order valence-corrected chi connectivity index (χ3v) is 4.43. The molecule has 0 aliphatic carbocycles. The number of nitrogens with zero attached hydrogens (tertiary/aromatic N) is 3. The number of carbonyl (C=O) groups is 1. The predicted molar refractivity (Wildman–Crippen MR) is 106 cm³/mol. The van der Waals surface area contributed by atoms with Crippen molar-refractivity contribution >= 4 is 17.7 Å². The number of aromatic nitrogens is 4. The van der Waals surface area contributed by atoms with E-state index in [2.05, 4.69) is 25.5 Å². The average molecular weight is 399 g/mol. The van der Waals surface area contributed by atoms with E-state index >= 15 is 0 Å². The maximum atomic E-state index is 11.9. The number of amides is 1. The number of pyridine rings is 1. The van der Waals surface area contributed by atoms with Gasteiger partial charge in [-0.25, -0.2) is 4.98 Å². The minimum Gasteiger partial charge on any atom is -0.494 e. The summed E-state index contributed by atoms with van der Waals surface area (Å²) in [6.45, 7) is 3.37.